The van der Waals surface area contributed by atoms with Crippen LogP contribution in [-0.2, 0) is 32.6 Å². The molecule has 0 aliphatic carbocycles. The number of hydrogen-bond donors (Lipinski definition) is 1. The van der Waals surface area contributed by atoms with E-state index in [0.717, 1.165) is 25.5 Å². The molecule has 0 radical (unpaired) electrons. The van der Waals surface area contributed by atoms with Crippen LogP contribution < -0.4 is 14.4 Å². The van der Waals surface area contributed by atoms with Crippen LogP contribution in [0.4, 0.5) is 5.69 Å². The first-order valence-electron chi connectivity index (χ1n) is 13.8. The van der Waals surface area contributed by atoms with Crippen LogP contribution in [-0.4, -0.2) is 51.9 Å². The van der Waals surface area contributed by atoms with Crippen LogP contribution in [0.2, 0.25) is 5.02 Å². The van der Waals surface area contributed by atoms with Gasteiger partial charge in [-0.3, -0.25) is 13.9 Å². The maximum absolute atomic E-state index is 14.4. The van der Waals surface area contributed by atoms with Gasteiger partial charge in [-0.25, -0.2) is 8.42 Å². The summed E-state index contributed by atoms with van der Waals surface area (Å²) in [5.74, 6) is -0.757. The smallest absolute Gasteiger partial charge is 0.264 e. The fourth-order valence-electron chi connectivity index (χ4n) is 4.72. The number of benzene rings is 4. The number of nitrogens with zero attached hydrogens (tertiary/aromatic N) is 2. The van der Waals surface area contributed by atoms with E-state index in [0.29, 0.717) is 0 Å². The third kappa shape index (κ3) is 7.99. The summed E-state index contributed by atoms with van der Waals surface area (Å²) in [7, 11) is -1.38. The molecule has 44 heavy (non-hydrogen) atoms. The topological polar surface area (TPSA) is 96.0 Å². The summed E-state index contributed by atoms with van der Waals surface area (Å²) in [5, 5.41) is 2.94. The molecule has 2 amide bonds. The molecular formula is C33H33BrClN3O5S. The number of nitrogens with one attached hydrogen (secondary N) is 1. The Morgan fingerprint density at radius 2 is 1.59 bits per heavy atom. The molecule has 0 aliphatic heterocycles. The first kappa shape index (κ1) is 33.0. The van der Waals surface area contributed by atoms with Gasteiger partial charge in [0, 0.05) is 29.5 Å². The number of carbonyl (C=O) groups is 2. The SMILES string of the molecule is CNC(=O)[C@@H](Cc1ccccc1)N(Cc1ccc(Br)cc1)C(=O)CN(c1cc(Cl)ccc1OC)S(=O)(=O)c1ccc(C)cc1. The van der Waals surface area contributed by atoms with Gasteiger partial charge in [-0.05, 0) is 60.5 Å². The van der Waals surface area contributed by atoms with Crippen molar-refractivity contribution in [3.8, 4) is 5.75 Å². The molecule has 0 spiro atoms. The average Bonchev–Trinajstić information content (AvgIpc) is 3.02. The van der Waals surface area contributed by atoms with Gasteiger partial charge in [0.05, 0.1) is 17.7 Å². The Hall–Kier alpha value is -3.86. The normalized spacial score (nSPS) is 11.8. The number of sulfonamides is 1. The van der Waals surface area contributed by atoms with Crippen molar-refractivity contribution < 1.29 is 22.7 Å². The average molecular weight is 699 g/mol. The van der Waals surface area contributed by atoms with Crippen molar-refractivity contribution in [1.29, 1.82) is 0 Å². The quantitative estimate of drug-likeness (QED) is 0.196. The Balaban J connectivity index is 1.83. The van der Waals surface area contributed by atoms with Gasteiger partial charge in [0.25, 0.3) is 10.0 Å². The van der Waals surface area contributed by atoms with Crippen molar-refractivity contribution >= 4 is 55.1 Å². The van der Waals surface area contributed by atoms with E-state index in [1.807, 2.05) is 61.5 Å². The van der Waals surface area contributed by atoms with Crippen molar-refractivity contribution in [1.82, 2.24) is 10.2 Å². The van der Waals surface area contributed by atoms with Crippen molar-refractivity contribution in [2.75, 3.05) is 25.0 Å². The monoisotopic (exact) mass is 697 g/mol. The molecule has 4 aromatic carbocycles. The van der Waals surface area contributed by atoms with Gasteiger partial charge in [-0.15, -0.1) is 0 Å². The summed E-state index contributed by atoms with van der Waals surface area (Å²) in [6, 6.07) is 26.7. The molecule has 0 saturated heterocycles. The summed E-state index contributed by atoms with van der Waals surface area (Å²) in [6.07, 6.45) is 0.216. The van der Waals surface area contributed by atoms with Crippen molar-refractivity contribution in [2.45, 2.75) is 30.8 Å². The number of halogens is 2. The lowest BCUT2D eigenvalue weighted by Crippen LogP contribution is -2.53. The summed E-state index contributed by atoms with van der Waals surface area (Å²) in [5.41, 5.74) is 2.58. The molecule has 4 rings (SSSR count). The fourth-order valence-corrected chi connectivity index (χ4v) is 6.56. The molecule has 0 fully saturated rings. The van der Waals surface area contributed by atoms with Crippen molar-refractivity contribution in [3.05, 3.63) is 123 Å². The van der Waals surface area contributed by atoms with Crippen LogP contribution in [0.1, 0.15) is 16.7 Å². The van der Waals surface area contributed by atoms with Crippen LogP contribution in [0.15, 0.2) is 106 Å². The number of carbonyl (C=O) groups excluding carboxylic acids is 2. The van der Waals surface area contributed by atoms with E-state index in [-0.39, 0.29) is 40.2 Å². The maximum atomic E-state index is 14.4. The highest BCUT2D eigenvalue weighted by Crippen LogP contribution is 2.35. The zero-order valence-electron chi connectivity index (χ0n) is 24.5. The molecule has 8 nitrogen and oxygen atoms in total. The lowest BCUT2D eigenvalue weighted by molar-refractivity contribution is -0.139. The number of likely N-dealkylation sites (N-methyl/N-ethyl adjacent to an activating group) is 1. The number of amides is 2. The Labute approximate surface area is 271 Å². The Morgan fingerprint density at radius 1 is 0.932 bits per heavy atom. The first-order chi connectivity index (χ1) is 21.0. The molecule has 4 aromatic rings. The van der Waals surface area contributed by atoms with E-state index >= 15 is 0 Å². The second kappa shape index (κ2) is 14.7. The minimum Gasteiger partial charge on any atom is -0.495 e. The van der Waals surface area contributed by atoms with Crippen LogP contribution >= 0.6 is 27.5 Å². The predicted molar refractivity (Wildman–Crippen MR) is 176 cm³/mol. The van der Waals surface area contributed by atoms with E-state index in [2.05, 4.69) is 21.2 Å². The lowest BCUT2D eigenvalue weighted by atomic mass is 10.0. The van der Waals surface area contributed by atoms with E-state index in [1.54, 1.807) is 24.3 Å². The van der Waals surface area contributed by atoms with Crippen molar-refractivity contribution in [3.63, 3.8) is 0 Å². The fraction of sp³-hybridized carbons (Fsp3) is 0.212. The molecular weight excluding hydrogens is 666 g/mol. The van der Waals surface area contributed by atoms with Crippen LogP contribution in [0.5, 0.6) is 5.75 Å². The Kier molecular flexibility index (Phi) is 11.1. The summed E-state index contributed by atoms with van der Waals surface area (Å²) >= 11 is 9.76. The number of ether oxygens (including phenoxy) is 1. The Bertz CT molecular complexity index is 1700. The minimum atomic E-state index is -4.30. The van der Waals surface area contributed by atoms with E-state index in [1.165, 1.54) is 37.3 Å². The second-order valence-electron chi connectivity index (χ2n) is 10.1. The minimum absolute atomic E-state index is 0.00970. The third-order valence-electron chi connectivity index (χ3n) is 7.08. The summed E-state index contributed by atoms with van der Waals surface area (Å²) in [6.45, 7) is 1.29. The number of aryl methyl sites for hydroxylation is 1. The highest BCUT2D eigenvalue weighted by Gasteiger charge is 2.35. The van der Waals surface area contributed by atoms with Crippen LogP contribution in [0, 0.1) is 6.92 Å². The van der Waals surface area contributed by atoms with Gasteiger partial charge in [0.15, 0.2) is 0 Å². The maximum Gasteiger partial charge on any atom is 0.264 e. The van der Waals surface area contributed by atoms with Crippen LogP contribution in [0.3, 0.4) is 0 Å². The molecule has 0 unspecified atom stereocenters. The van der Waals surface area contributed by atoms with Gasteiger partial charge in [-0.1, -0.05) is 87.7 Å². The summed E-state index contributed by atoms with van der Waals surface area (Å²) in [4.78, 5) is 29.2. The number of anilines is 1. The molecule has 0 aliphatic rings. The molecule has 0 bridgehead atoms. The zero-order valence-corrected chi connectivity index (χ0v) is 27.7. The van der Waals surface area contributed by atoms with E-state index < -0.39 is 28.5 Å². The zero-order chi connectivity index (χ0) is 31.9. The standard InChI is InChI=1S/C33H33BrClN3O5S/c1-23-9-16-28(17-10-23)44(41,42)38(29-20-27(35)15-18-31(29)43-3)22-32(39)37(21-25-11-13-26(34)14-12-25)30(33(40)36-2)19-24-7-5-4-6-8-24/h4-18,20,30H,19,21-22H2,1-3H3,(H,36,40)/t30-/m1/s1. The second-order valence-corrected chi connectivity index (χ2v) is 13.3. The Morgan fingerprint density at radius 3 is 2.20 bits per heavy atom. The van der Waals surface area contributed by atoms with Gasteiger partial charge >= 0.3 is 0 Å². The highest BCUT2D eigenvalue weighted by molar-refractivity contribution is 9.10. The number of methoxy groups -OCH3 is 1. The third-order valence-corrected chi connectivity index (χ3v) is 9.62. The molecule has 230 valence electrons. The molecule has 1 N–H and O–H groups in total. The van der Waals surface area contributed by atoms with E-state index in [4.69, 9.17) is 16.3 Å². The number of hydrogen-bond acceptors (Lipinski definition) is 5. The molecule has 0 saturated carbocycles. The largest absolute Gasteiger partial charge is 0.495 e. The lowest BCUT2D eigenvalue weighted by Gasteiger charge is -2.34. The molecule has 1 atom stereocenters. The first-order valence-corrected chi connectivity index (χ1v) is 16.4. The number of rotatable bonds is 12. The molecule has 11 heteroatoms. The highest BCUT2D eigenvalue weighted by atomic mass is 79.9. The summed E-state index contributed by atoms with van der Waals surface area (Å²) < 4.78 is 35.8. The van der Waals surface area contributed by atoms with Crippen LogP contribution in [0.25, 0.3) is 0 Å². The van der Waals surface area contributed by atoms with Gasteiger partial charge < -0.3 is 15.0 Å². The molecule has 0 heterocycles. The van der Waals surface area contributed by atoms with Gasteiger partial charge in [0.2, 0.25) is 11.8 Å². The van der Waals surface area contributed by atoms with Gasteiger partial charge in [0.1, 0.15) is 18.3 Å². The van der Waals surface area contributed by atoms with Crippen molar-refractivity contribution in [2.24, 2.45) is 0 Å². The van der Waals surface area contributed by atoms with E-state index in [9.17, 15) is 18.0 Å². The van der Waals surface area contributed by atoms with Gasteiger partial charge in [-0.2, -0.15) is 0 Å². The molecule has 0 aromatic heterocycles. The predicted octanol–water partition coefficient (Wildman–Crippen LogP) is 6.00.